The lowest BCUT2D eigenvalue weighted by Crippen LogP contribution is -2.12. The van der Waals surface area contributed by atoms with Gasteiger partial charge < -0.3 is 4.74 Å². The fraction of sp³-hybridized carbons (Fsp3) is 0.170. The van der Waals surface area contributed by atoms with E-state index < -0.39 is 0 Å². The van der Waals surface area contributed by atoms with Gasteiger partial charge in [-0.25, -0.2) is 9.67 Å². The standard InChI is InChI=1S/C53H48N4O/c1-7-46-52(51-42(36-18-11-9-12-19-36)23-17-24-43(51)37-20-13-10-14-21-37)47(8-2)57(55-46)39-30-35(3)31-41(33-39)58-40-26-27-45-44-22-15-16-25-48(44)56(49(45)34-40)50-32-38(28-29-54-50)53(4,5)6/h9-34H,7-8H2,1-6H3. The molecule has 0 spiro atoms. The third kappa shape index (κ3) is 6.67. The molecule has 6 aromatic carbocycles. The van der Waals surface area contributed by atoms with E-state index in [0.717, 1.165) is 63.5 Å². The van der Waals surface area contributed by atoms with Crippen LogP contribution in [0.5, 0.6) is 11.5 Å². The number of ether oxygens (including phenoxy) is 1. The van der Waals surface area contributed by atoms with Crippen LogP contribution in [0.1, 0.15) is 57.1 Å². The van der Waals surface area contributed by atoms with E-state index in [1.54, 1.807) is 0 Å². The molecule has 0 atom stereocenters. The van der Waals surface area contributed by atoms with E-state index in [4.69, 9.17) is 14.8 Å². The molecule has 0 bridgehead atoms. The average Bonchev–Trinajstić information content (AvgIpc) is 3.79. The van der Waals surface area contributed by atoms with E-state index in [0.29, 0.717) is 0 Å². The van der Waals surface area contributed by atoms with Crippen molar-refractivity contribution in [2.75, 3.05) is 0 Å². The molecule has 0 aliphatic rings. The van der Waals surface area contributed by atoms with Crippen LogP contribution in [0.25, 0.3) is 66.7 Å². The van der Waals surface area contributed by atoms with Crippen molar-refractivity contribution >= 4 is 21.8 Å². The molecule has 0 aliphatic heterocycles. The first-order chi connectivity index (χ1) is 28.2. The molecule has 3 aromatic heterocycles. The third-order valence-electron chi connectivity index (χ3n) is 11.2. The molecule has 0 saturated heterocycles. The first-order valence-electron chi connectivity index (χ1n) is 20.4. The molecular weight excluding hydrogens is 709 g/mol. The lowest BCUT2D eigenvalue weighted by molar-refractivity contribution is 0.482. The first-order valence-corrected chi connectivity index (χ1v) is 20.4. The smallest absolute Gasteiger partial charge is 0.137 e. The maximum Gasteiger partial charge on any atom is 0.137 e. The first kappa shape index (κ1) is 36.9. The highest BCUT2D eigenvalue weighted by molar-refractivity contribution is 6.09. The number of para-hydroxylation sites is 1. The minimum absolute atomic E-state index is 0.00602. The van der Waals surface area contributed by atoms with Gasteiger partial charge in [0.1, 0.15) is 17.3 Å². The molecule has 0 unspecified atom stereocenters. The zero-order chi connectivity index (χ0) is 40.0. The summed E-state index contributed by atoms with van der Waals surface area (Å²) in [7, 11) is 0. The summed E-state index contributed by atoms with van der Waals surface area (Å²) in [5, 5.41) is 7.73. The summed E-state index contributed by atoms with van der Waals surface area (Å²) in [5.41, 5.74) is 14.9. The van der Waals surface area contributed by atoms with Gasteiger partial charge in [0, 0.05) is 40.2 Å². The second-order valence-electron chi connectivity index (χ2n) is 16.1. The van der Waals surface area contributed by atoms with Crippen molar-refractivity contribution in [2.45, 2.75) is 59.8 Å². The van der Waals surface area contributed by atoms with Crippen LogP contribution in [0.3, 0.4) is 0 Å². The molecule has 0 N–H and O–H groups in total. The van der Waals surface area contributed by atoms with Crippen LogP contribution >= 0.6 is 0 Å². The molecule has 58 heavy (non-hydrogen) atoms. The van der Waals surface area contributed by atoms with Gasteiger partial charge >= 0.3 is 0 Å². The van der Waals surface area contributed by atoms with Gasteiger partial charge in [-0.15, -0.1) is 0 Å². The summed E-state index contributed by atoms with van der Waals surface area (Å²) in [5.74, 6) is 2.42. The van der Waals surface area contributed by atoms with Crippen LogP contribution in [0.15, 0.2) is 158 Å². The zero-order valence-electron chi connectivity index (χ0n) is 34.1. The third-order valence-corrected chi connectivity index (χ3v) is 11.2. The van der Waals surface area contributed by atoms with Gasteiger partial charge in [0.2, 0.25) is 0 Å². The Labute approximate surface area is 341 Å². The van der Waals surface area contributed by atoms with Crippen LogP contribution in [-0.2, 0) is 18.3 Å². The van der Waals surface area contributed by atoms with Gasteiger partial charge in [-0.05, 0) is 101 Å². The summed E-state index contributed by atoms with van der Waals surface area (Å²) in [6.07, 6.45) is 3.52. The highest BCUT2D eigenvalue weighted by Crippen LogP contribution is 2.44. The quantitative estimate of drug-likeness (QED) is 0.147. The van der Waals surface area contributed by atoms with Crippen LogP contribution < -0.4 is 4.74 Å². The highest BCUT2D eigenvalue weighted by atomic mass is 16.5. The zero-order valence-corrected chi connectivity index (χ0v) is 34.1. The van der Waals surface area contributed by atoms with Gasteiger partial charge in [-0.1, -0.05) is 132 Å². The van der Waals surface area contributed by atoms with Crippen molar-refractivity contribution in [3.63, 3.8) is 0 Å². The van der Waals surface area contributed by atoms with Gasteiger partial charge in [0.05, 0.1) is 28.1 Å². The van der Waals surface area contributed by atoms with Crippen molar-refractivity contribution in [1.29, 1.82) is 0 Å². The maximum absolute atomic E-state index is 6.79. The highest BCUT2D eigenvalue weighted by Gasteiger charge is 2.25. The van der Waals surface area contributed by atoms with Gasteiger partial charge in [-0.3, -0.25) is 4.57 Å². The molecule has 0 amide bonds. The topological polar surface area (TPSA) is 44.9 Å². The summed E-state index contributed by atoms with van der Waals surface area (Å²) in [4.78, 5) is 4.88. The number of hydrogen-bond donors (Lipinski definition) is 0. The number of benzene rings is 6. The van der Waals surface area contributed by atoms with E-state index in [1.807, 2.05) is 6.20 Å². The molecule has 5 heteroatoms. The molecular formula is C53H48N4O. The van der Waals surface area contributed by atoms with E-state index in [-0.39, 0.29) is 5.41 Å². The second kappa shape index (κ2) is 15.0. The number of aryl methyl sites for hydroxylation is 2. The lowest BCUT2D eigenvalue weighted by Gasteiger charge is -2.20. The molecule has 3 heterocycles. The lowest BCUT2D eigenvalue weighted by atomic mass is 9.86. The largest absolute Gasteiger partial charge is 0.457 e. The van der Waals surface area contributed by atoms with E-state index in [2.05, 4.69) is 202 Å². The molecule has 9 rings (SSSR count). The van der Waals surface area contributed by atoms with Crippen molar-refractivity contribution < 1.29 is 4.74 Å². The van der Waals surface area contributed by atoms with Crippen LogP contribution in [0, 0.1) is 6.92 Å². The monoisotopic (exact) mass is 756 g/mol. The maximum atomic E-state index is 6.79. The number of nitrogens with zero attached hydrogens (tertiary/aromatic N) is 4. The van der Waals surface area contributed by atoms with Crippen LogP contribution in [-0.4, -0.2) is 19.3 Å². The van der Waals surface area contributed by atoms with E-state index >= 15 is 0 Å². The minimum atomic E-state index is -0.00602. The van der Waals surface area contributed by atoms with Gasteiger partial charge in [0.15, 0.2) is 0 Å². The fourth-order valence-electron chi connectivity index (χ4n) is 8.43. The van der Waals surface area contributed by atoms with E-state index in [1.165, 1.54) is 50.0 Å². The SMILES string of the molecule is CCc1nn(-c2cc(C)cc(Oc3ccc4c5ccccc5n(-c5cc(C(C)(C)C)ccn5)c4c3)c2)c(CC)c1-c1c(-c2ccccc2)cccc1-c1ccccc1. The predicted octanol–water partition coefficient (Wildman–Crippen LogP) is 13.9. The molecule has 0 aliphatic carbocycles. The number of aromatic nitrogens is 4. The molecule has 9 aromatic rings. The predicted molar refractivity (Wildman–Crippen MR) is 241 cm³/mol. The Morgan fingerprint density at radius 1 is 0.586 bits per heavy atom. The molecule has 0 radical (unpaired) electrons. The van der Waals surface area contributed by atoms with Crippen molar-refractivity contribution in [2.24, 2.45) is 0 Å². The summed E-state index contributed by atoms with van der Waals surface area (Å²) in [6.45, 7) is 13.3. The van der Waals surface area contributed by atoms with Crippen molar-refractivity contribution in [1.82, 2.24) is 19.3 Å². The Bertz CT molecular complexity index is 2870. The molecule has 0 saturated carbocycles. The Hall–Kier alpha value is -6.72. The summed E-state index contributed by atoms with van der Waals surface area (Å²) >= 11 is 0. The van der Waals surface area contributed by atoms with Gasteiger partial charge in [0.25, 0.3) is 0 Å². The Morgan fingerprint density at radius 3 is 1.93 bits per heavy atom. The number of pyridine rings is 1. The Morgan fingerprint density at radius 2 is 1.26 bits per heavy atom. The fourth-order valence-corrected chi connectivity index (χ4v) is 8.43. The normalized spacial score (nSPS) is 11.8. The minimum Gasteiger partial charge on any atom is -0.457 e. The Balaban J connectivity index is 1.17. The Kier molecular flexibility index (Phi) is 9.53. The van der Waals surface area contributed by atoms with Crippen LogP contribution in [0.2, 0.25) is 0 Å². The molecule has 5 nitrogen and oxygen atoms in total. The number of fused-ring (bicyclic) bond motifs is 3. The molecule has 0 fully saturated rings. The summed E-state index contributed by atoms with van der Waals surface area (Å²) < 4.78 is 11.2. The van der Waals surface area contributed by atoms with E-state index in [9.17, 15) is 0 Å². The molecule has 286 valence electrons. The summed E-state index contributed by atoms with van der Waals surface area (Å²) in [6, 6.07) is 53.8. The average molecular weight is 757 g/mol. The number of hydrogen-bond acceptors (Lipinski definition) is 3. The number of rotatable bonds is 9. The van der Waals surface area contributed by atoms with Crippen LogP contribution in [0.4, 0.5) is 0 Å². The van der Waals surface area contributed by atoms with Gasteiger partial charge in [-0.2, -0.15) is 5.10 Å². The van der Waals surface area contributed by atoms with Crippen molar-refractivity contribution in [3.8, 4) is 56.4 Å². The van der Waals surface area contributed by atoms with Crippen molar-refractivity contribution in [3.05, 3.63) is 180 Å². The second-order valence-corrected chi connectivity index (χ2v) is 16.1.